The molecular formula is C23H28N2O2. The number of piperidine rings is 1. The van der Waals surface area contributed by atoms with Crippen LogP contribution in [0.3, 0.4) is 0 Å². The van der Waals surface area contributed by atoms with Gasteiger partial charge in [-0.3, -0.25) is 9.59 Å². The monoisotopic (exact) mass is 364 g/mol. The van der Waals surface area contributed by atoms with Gasteiger partial charge in [0, 0.05) is 31.2 Å². The van der Waals surface area contributed by atoms with Gasteiger partial charge in [-0.2, -0.15) is 0 Å². The lowest BCUT2D eigenvalue weighted by Crippen LogP contribution is -2.45. The molecule has 0 N–H and O–H groups in total. The number of carbonyl (C=O) groups excluding carboxylic acids is 2. The zero-order valence-electron chi connectivity index (χ0n) is 16.2. The third-order valence-corrected chi connectivity index (χ3v) is 5.45. The Bertz CT molecular complexity index is 780. The molecule has 3 rings (SSSR count). The first-order valence-corrected chi connectivity index (χ1v) is 9.79. The Kier molecular flexibility index (Phi) is 6.28. The van der Waals surface area contributed by atoms with E-state index in [2.05, 4.69) is 0 Å². The standard InChI is InChI=1S/C23H28N2O2/c1-3-25(21-11-5-4-6-12-21)23(27)19-13-15-24(16-14-19)22(26)17-20-10-8-7-9-18(20)2/h4-12,19H,3,13-17H2,1-2H3. The summed E-state index contributed by atoms with van der Waals surface area (Å²) in [7, 11) is 0. The van der Waals surface area contributed by atoms with Crippen LogP contribution in [0.15, 0.2) is 54.6 Å². The van der Waals surface area contributed by atoms with Crippen LogP contribution in [0.25, 0.3) is 0 Å². The van der Waals surface area contributed by atoms with E-state index in [1.165, 1.54) is 0 Å². The van der Waals surface area contributed by atoms with Gasteiger partial charge in [0.15, 0.2) is 0 Å². The number of amides is 2. The number of hydrogen-bond acceptors (Lipinski definition) is 2. The van der Waals surface area contributed by atoms with Crippen LogP contribution in [0.2, 0.25) is 0 Å². The number of benzene rings is 2. The summed E-state index contributed by atoms with van der Waals surface area (Å²) >= 11 is 0. The zero-order valence-corrected chi connectivity index (χ0v) is 16.2. The number of rotatable bonds is 5. The Morgan fingerprint density at radius 3 is 2.26 bits per heavy atom. The molecule has 0 spiro atoms. The van der Waals surface area contributed by atoms with Crippen LogP contribution in [0, 0.1) is 12.8 Å². The lowest BCUT2D eigenvalue weighted by molar-refractivity contribution is -0.134. The maximum Gasteiger partial charge on any atom is 0.230 e. The van der Waals surface area contributed by atoms with Gasteiger partial charge < -0.3 is 9.80 Å². The van der Waals surface area contributed by atoms with E-state index in [4.69, 9.17) is 0 Å². The molecule has 1 aliphatic rings. The van der Waals surface area contributed by atoms with E-state index in [-0.39, 0.29) is 17.7 Å². The van der Waals surface area contributed by atoms with Crippen LogP contribution in [-0.4, -0.2) is 36.3 Å². The van der Waals surface area contributed by atoms with Gasteiger partial charge in [0.2, 0.25) is 11.8 Å². The van der Waals surface area contributed by atoms with Crippen molar-refractivity contribution >= 4 is 17.5 Å². The van der Waals surface area contributed by atoms with Crippen LogP contribution in [0.4, 0.5) is 5.69 Å². The second-order valence-electron chi connectivity index (χ2n) is 7.18. The molecule has 0 unspecified atom stereocenters. The molecule has 2 aromatic rings. The highest BCUT2D eigenvalue weighted by Gasteiger charge is 2.30. The molecule has 2 aromatic carbocycles. The molecule has 0 aromatic heterocycles. The maximum atomic E-state index is 13.0. The first-order valence-electron chi connectivity index (χ1n) is 9.79. The minimum Gasteiger partial charge on any atom is -0.342 e. The normalized spacial score (nSPS) is 14.8. The number of carbonyl (C=O) groups is 2. The first kappa shape index (κ1) is 19.2. The van der Waals surface area contributed by atoms with Crippen LogP contribution in [-0.2, 0) is 16.0 Å². The Hall–Kier alpha value is -2.62. The predicted molar refractivity (Wildman–Crippen MR) is 109 cm³/mol. The summed E-state index contributed by atoms with van der Waals surface area (Å²) in [5.41, 5.74) is 3.18. The fourth-order valence-corrected chi connectivity index (χ4v) is 3.75. The molecule has 1 heterocycles. The van der Waals surface area contributed by atoms with Crippen LogP contribution < -0.4 is 4.90 Å². The number of nitrogens with zero attached hydrogens (tertiary/aromatic N) is 2. The SMILES string of the molecule is CCN(C(=O)C1CCN(C(=O)Cc2ccccc2C)CC1)c1ccccc1. The van der Waals surface area contributed by atoms with Gasteiger partial charge in [-0.15, -0.1) is 0 Å². The third-order valence-electron chi connectivity index (χ3n) is 5.45. The summed E-state index contributed by atoms with van der Waals surface area (Å²) in [6, 6.07) is 17.8. The molecule has 1 saturated heterocycles. The summed E-state index contributed by atoms with van der Waals surface area (Å²) in [5, 5.41) is 0. The topological polar surface area (TPSA) is 40.6 Å². The molecule has 0 saturated carbocycles. The molecule has 0 aliphatic carbocycles. The van der Waals surface area contributed by atoms with Crippen LogP contribution in [0.1, 0.15) is 30.9 Å². The molecule has 1 fully saturated rings. The number of aryl methyl sites for hydroxylation is 1. The average Bonchev–Trinajstić information content (AvgIpc) is 2.71. The zero-order chi connectivity index (χ0) is 19.2. The fraction of sp³-hybridized carbons (Fsp3) is 0.391. The van der Waals surface area contributed by atoms with Crippen molar-refractivity contribution in [1.82, 2.24) is 4.90 Å². The van der Waals surface area contributed by atoms with Gasteiger partial charge in [-0.05, 0) is 49.9 Å². The summed E-state index contributed by atoms with van der Waals surface area (Å²) in [5.74, 6) is 0.327. The predicted octanol–water partition coefficient (Wildman–Crippen LogP) is 3.83. The Labute approximate surface area is 161 Å². The summed E-state index contributed by atoms with van der Waals surface area (Å²) < 4.78 is 0. The van der Waals surface area contributed by atoms with E-state index in [1.807, 2.05) is 78.2 Å². The Morgan fingerprint density at radius 2 is 1.63 bits per heavy atom. The largest absolute Gasteiger partial charge is 0.342 e. The smallest absolute Gasteiger partial charge is 0.230 e. The molecule has 142 valence electrons. The van der Waals surface area contributed by atoms with Crippen molar-refractivity contribution in [3.8, 4) is 0 Å². The fourth-order valence-electron chi connectivity index (χ4n) is 3.75. The van der Waals surface area contributed by atoms with Gasteiger partial charge in [0.1, 0.15) is 0 Å². The van der Waals surface area contributed by atoms with Crippen molar-refractivity contribution in [3.05, 3.63) is 65.7 Å². The highest BCUT2D eigenvalue weighted by molar-refractivity contribution is 5.95. The average molecular weight is 364 g/mol. The quantitative estimate of drug-likeness (QED) is 0.809. The summed E-state index contributed by atoms with van der Waals surface area (Å²) in [6.45, 7) is 6.03. The number of anilines is 1. The van der Waals surface area contributed by atoms with Crippen molar-refractivity contribution in [2.75, 3.05) is 24.5 Å². The second kappa shape index (κ2) is 8.85. The first-order chi connectivity index (χ1) is 13.1. The molecule has 0 radical (unpaired) electrons. The van der Waals surface area contributed by atoms with Crippen molar-refractivity contribution in [1.29, 1.82) is 0 Å². The van der Waals surface area contributed by atoms with Gasteiger partial charge in [-0.1, -0.05) is 42.5 Å². The molecular weight excluding hydrogens is 336 g/mol. The Morgan fingerprint density at radius 1 is 1.00 bits per heavy atom. The van der Waals surface area contributed by atoms with Gasteiger partial charge >= 0.3 is 0 Å². The summed E-state index contributed by atoms with van der Waals surface area (Å²) in [4.78, 5) is 29.4. The van der Waals surface area contributed by atoms with E-state index in [1.54, 1.807) is 0 Å². The number of hydrogen-bond donors (Lipinski definition) is 0. The van der Waals surface area contributed by atoms with Gasteiger partial charge in [-0.25, -0.2) is 0 Å². The molecule has 27 heavy (non-hydrogen) atoms. The van der Waals surface area contributed by atoms with Crippen LogP contribution in [0.5, 0.6) is 0 Å². The molecule has 2 amide bonds. The second-order valence-corrected chi connectivity index (χ2v) is 7.18. The van der Waals surface area contributed by atoms with E-state index >= 15 is 0 Å². The number of likely N-dealkylation sites (tertiary alicyclic amines) is 1. The highest BCUT2D eigenvalue weighted by Crippen LogP contribution is 2.24. The van der Waals surface area contributed by atoms with Crippen molar-refractivity contribution in [2.45, 2.75) is 33.1 Å². The van der Waals surface area contributed by atoms with Crippen molar-refractivity contribution in [3.63, 3.8) is 0 Å². The Balaban J connectivity index is 1.57. The third kappa shape index (κ3) is 4.57. The minimum atomic E-state index is -0.00679. The highest BCUT2D eigenvalue weighted by atomic mass is 16.2. The van der Waals surface area contributed by atoms with Crippen LogP contribution >= 0.6 is 0 Å². The van der Waals surface area contributed by atoms with Gasteiger partial charge in [0.05, 0.1) is 6.42 Å². The van der Waals surface area contributed by atoms with E-state index < -0.39 is 0 Å². The van der Waals surface area contributed by atoms with Crippen molar-refractivity contribution in [2.24, 2.45) is 5.92 Å². The molecule has 0 atom stereocenters. The van der Waals surface area contributed by atoms with E-state index in [9.17, 15) is 9.59 Å². The van der Waals surface area contributed by atoms with E-state index in [0.29, 0.717) is 26.1 Å². The molecule has 4 nitrogen and oxygen atoms in total. The minimum absolute atomic E-state index is 0.00679. The molecule has 1 aliphatic heterocycles. The summed E-state index contributed by atoms with van der Waals surface area (Å²) in [6.07, 6.45) is 1.92. The maximum absolute atomic E-state index is 13.0. The van der Waals surface area contributed by atoms with Crippen molar-refractivity contribution < 1.29 is 9.59 Å². The number of para-hydroxylation sites is 1. The molecule has 0 bridgehead atoms. The molecule has 4 heteroatoms. The lowest BCUT2D eigenvalue weighted by atomic mass is 9.94. The van der Waals surface area contributed by atoms with Gasteiger partial charge in [0.25, 0.3) is 0 Å². The van der Waals surface area contributed by atoms with E-state index in [0.717, 1.165) is 29.7 Å². The lowest BCUT2D eigenvalue weighted by Gasteiger charge is -2.34.